The number of hydrogen-bond donors (Lipinski definition) is 0. The molecule has 0 aromatic heterocycles. The summed E-state index contributed by atoms with van der Waals surface area (Å²) in [6.07, 6.45) is 0. The highest BCUT2D eigenvalue weighted by Gasteiger charge is 2.19. The molecular weight excluding hydrogens is 257 g/mol. The number of rotatable bonds is 1. The first-order valence-corrected chi connectivity index (χ1v) is 8.25. The Morgan fingerprint density at radius 1 is 0.364 bits per heavy atom. The van der Waals surface area contributed by atoms with Gasteiger partial charge in [0.05, 0.1) is 0 Å². The number of hydrogen-bond acceptors (Lipinski definition) is 0. The molecule has 0 unspecified atom stereocenters. The van der Waals surface area contributed by atoms with E-state index in [4.69, 9.17) is 0 Å². The Hall–Kier alpha value is -1.17. The lowest BCUT2D eigenvalue weighted by Gasteiger charge is -2.26. The summed E-state index contributed by atoms with van der Waals surface area (Å²) in [5, 5.41) is 0. The van der Waals surface area contributed by atoms with Crippen LogP contribution in [-0.4, -0.2) is 47.1 Å². The van der Waals surface area contributed by atoms with E-state index in [1.165, 1.54) is 66.2 Å². The van der Waals surface area contributed by atoms with Crippen molar-refractivity contribution in [1.29, 1.82) is 0 Å². The van der Waals surface area contributed by atoms with E-state index in [1.807, 2.05) is 0 Å². The molecule has 0 radical (unpaired) electrons. The maximum absolute atomic E-state index is 2.29. The lowest BCUT2D eigenvalue weighted by atomic mass is 9.61. The zero-order chi connectivity index (χ0) is 16.9. The van der Waals surface area contributed by atoms with E-state index in [0.717, 1.165) is 0 Å². The smallest absolute Gasteiger partial charge is 0.0915 e. The van der Waals surface area contributed by atoms with Crippen molar-refractivity contribution >= 4 is 79.9 Å². The standard InChI is InChI=1S/C16H24B6/c1-5-7(3)13(19)15(21)9(11(5)17)10-12(18)6(2)8(4)14(20)16(10)22/h17-22H2,1-4H3. The molecule has 0 amide bonds. The second-order valence-corrected chi connectivity index (χ2v) is 7.00. The molecule has 6 heteroatoms. The monoisotopic (exact) mass is 282 g/mol. The number of benzene rings is 2. The summed E-state index contributed by atoms with van der Waals surface area (Å²) in [4.78, 5) is 0. The molecule has 0 fully saturated rings. The van der Waals surface area contributed by atoms with E-state index in [1.54, 1.807) is 0 Å². The van der Waals surface area contributed by atoms with E-state index in [2.05, 4.69) is 74.8 Å². The van der Waals surface area contributed by atoms with Gasteiger partial charge in [-0.3, -0.25) is 0 Å². The predicted molar refractivity (Wildman–Crippen MR) is 120 cm³/mol. The Bertz CT molecular complexity index is 667. The lowest BCUT2D eigenvalue weighted by Crippen LogP contribution is -2.44. The average Bonchev–Trinajstić information content (AvgIpc) is 2.50. The Morgan fingerprint density at radius 2 is 0.591 bits per heavy atom. The van der Waals surface area contributed by atoms with Gasteiger partial charge >= 0.3 is 0 Å². The van der Waals surface area contributed by atoms with Crippen molar-refractivity contribution in [1.82, 2.24) is 0 Å². The van der Waals surface area contributed by atoms with Crippen LogP contribution in [0.3, 0.4) is 0 Å². The average molecular weight is 281 g/mol. The van der Waals surface area contributed by atoms with Crippen LogP contribution < -0.4 is 32.8 Å². The van der Waals surface area contributed by atoms with Crippen LogP contribution in [0.15, 0.2) is 0 Å². The Balaban J connectivity index is 3.03. The van der Waals surface area contributed by atoms with Gasteiger partial charge in [-0.1, -0.05) is 55.0 Å². The van der Waals surface area contributed by atoms with Gasteiger partial charge in [-0.15, -0.1) is 0 Å². The van der Waals surface area contributed by atoms with Gasteiger partial charge in [0.1, 0.15) is 47.1 Å². The molecule has 0 bridgehead atoms. The quantitative estimate of drug-likeness (QED) is 0.457. The van der Waals surface area contributed by atoms with Crippen LogP contribution in [-0.2, 0) is 0 Å². The first-order valence-electron chi connectivity index (χ1n) is 8.25. The van der Waals surface area contributed by atoms with Crippen molar-refractivity contribution in [3.05, 3.63) is 22.3 Å². The summed E-state index contributed by atoms with van der Waals surface area (Å²) in [5.74, 6) is 0. The van der Waals surface area contributed by atoms with E-state index in [9.17, 15) is 0 Å². The fourth-order valence-electron chi connectivity index (χ4n) is 3.75. The Morgan fingerprint density at radius 3 is 0.864 bits per heavy atom. The molecule has 0 saturated carbocycles. The summed E-state index contributed by atoms with van der Waals surface area (Å²) in [7, 11) is 13.7. The van der Waals surface area contributed by atoms with E-state index in [0.29, 0.717) is 0 Å². The van der Waals surface area contributed by atoms with E-state index >= 15 is 0 Å². The highest BCUT2D eigenvalue weighted by atomic mass is 14.2. The van der Waals surface area contributed by atoms with Crippen LogP contribution in [0.25, 0.3) is 11.1 Å². The molecular formula is C16H24B6. The van der Waals surface area contributed by atoms with Gasteiger partial charge in [-0.05, 0) is 38.8 Å². The first kappa shape index (κ1) is 17.2. The fourth-order valence-corrected chi connectivity index (χ4v) is 3.75. The highest BCUT2D eigenvalue weighted by Crippen LogP contribution is 2.15. The van der Waals surface area contributed by atoms with Gasteiger partial charge in [0.25, 0.3) is 0 Å². The van der Waals surface area contributed by atoms with Crippen LogP contribution >= 0.6 is 0 Å². The van der Waals surface area contributed by atoms with Crippen molar-refractivity contribution in [2.24, 2.45) is 0 Å². The molecule has 22 heavy (non-hydrogen) atoms. The summed E-state index contributed by atoms with van der Waals surface area (Å²) in [6, 6.07) is 0. The van der Waals surface area contributed by atoms with Crippen LogP contribution in [0, 0.1) is 27.7 Å². The van der Waals surface area contributed by atoms with Crippen LogP contribution in [0.1, 0.15) is 22.3 Å². The normalized spacial score (nSPS) is 10.9. The van der Waals surface area contributed by atoms with Gasteiger partial charge in [0.15, 0.2) is 0 Å². The molecule has 106 valence electrons. The van der Waals surface area contributed by atoms with Crippen molar-refractivity contribution < 1.29 is 0 Å². The third-order valence-corrected chi connectivity index (χ3v) is 6.25. The summed E-state index contributed by atoms with van der Waals surface area (Å²) in [6.45, 7) is 9.03. The summed E-state index contributed by atoms with van der Waals surface area (Å²) < 4.78 is 0. The van der Waals surface area contributed by atoms with Gasteiger partial charge in [0, 0.05) is 0 Å². The van der Waals surface area contributed by atoms with Crippen molar-refractivity contribution in [2.75, 3.05) is 0 Å². The van der Waals surface area contributed by atoms with Gasteiger partial charge in [0.2, 0.25) is 0 Å². The molecule has 0 saturated heterocycles. The molecule has 0 aliphatic heterocycles. The molecule has 0 aliphatic carbocycles. The maximum atomic E-state index is 2.29. The lowest BCUT2D eigenvalue weighted by molar-refractivity contribution is 1.39. The molecule has 0 nitrogen and oxygen atoms in total. The highest BCUT2D eigenvalue weighted by molar-refractivity contribution is 6.59. The van der Waals surface area contributed by atoms with Gasteiger partial charge < -0.3 is 0 Å². The van der Waals surface area contributed by atoms with Crippen LogP contribution in [0.2, 0.25) is 0 Å². The largest absolute Gasteiger partial charge is 0.140 e. The molecule has 2 aromatic carbocycles. The second kappa shape index (κ2) is 5.80. The SMILES string of the molecule is Bc1c(B)c(-c2c(B)c(B)c(C)c(C)c2B)c(B)c(C)c1C. The maximum Gasteiger partial charge on any atom is 0.140 e. The third-order valence-electron chi connectivity index (χ3n) is 6.25. The summed E-state index contributed by atoms with van der Waals surface area (Å²) in [5.41, 5.74) is 17.3. The Labute approximate surface area is 141 Å². The van der Waals surface area contributed by atoms with Crippen LogP contribution in [0.4, 0.5) is 0 Å². The van der Waals surface area contributed by atoms with E-state index in [-0.39, 0.29) is 0 Å². The zero-order valence-corrected chi connectivity index (χ0v) is 16.0. The molecule has 0 aliphatic rings. The minimum Gasteiger partial charge on any atom is -0.0915 e. The van der Waals surface area contributed by atoms with Crippen LogP contribution in [0.5, 0.6) is 0 Å². The molecule has 2 rings (SSSR count). The van der Waals surface area contributed by atoms with Gasteiger partial charge in [-0.2, -0.15) is 0 Å². The topological polar surface area (TPSA) is 0 Å². The van der Waals surface area contributed by atoms with Gasteiger partial charge in [-0.25, -0.2) is 0 Å². The van der Waals surface area contributed by atoms with Crippen molar-refractivity contribution in [3.8, 4) is 11.1 Å². The third kappa shape index (κ3) is 2.32. The zero-order valence-electron chi connectivity index (χ0n) is 16.0. The molecule has 2 aromatic rings. The van der Waals surface area contributed by atoms with E-state index < -0.39 is 0 Å². The summed E-state index contributed by atoms with van der Waals surface area (Å²) >= 11 is 0. The minimum atomic E-state index is 1.44. The predicted octanol–water partition coefficient (Wildman–Crippen LogP) is -5.86. The Kier molecular flexibility index (Phi) is 4.53. The minimum absolute atomic E-state index is 1.44. The molecule has 0 spiro atoms. The fraction of sp³-hybridized carbons (Fsp3) is 0.250. The first-order chi connectivity index (χ1) is 10.1. The molecule has 0 atom stereocenters. The second-order valence-electron chi connectivity index (χ2n) is 7.00. The molecule has 0 N–H and O–H groups in total. The van der Waals surface area contributed by atoms with Crippen molar-refractivity contribution in [2.45, 2.75) is 27.7 Å². The van der Waals surface area contributed by atoms with Crippen molar-refractivity contribution in [3.63, 3.8) is 0 Å². The molecule has 0 heterocycles.